The van der Waals surface area contributed by atoms with Gasteiger partial charge in [0.05, 0.1) is 19.3 Å². The SMILES string of the molecule is CCOC(=O)N1CCC(NC(=O)COC(=O)Cc2coc3cc4c(cc23)CCC4)CC1. The number of nitrogens with one attached hydrogen (secondary N) is 1. The topological polar surface area (TPSA) is 98.1 Å². The van der Waals surface area contributed by atoms with Crippen molar-refractivity contribution in [3.8, 4) is 0 Å². The van der Waals surface area contributed by atoms with Crippen LogP contribution in [0.4, 0.5) is 4.79 Å². The second-order valence-corrected chi connectivity index (χ2v) is 8.10. The van der Waals surface area contributed by atoms with E-state index < -0.39 is 5.97 Å². The van der Waals surface area contributed by atoms with Crippen LogP contribution in [0.2, 0.25) is 0 Å². The minimum absolute atomic E-state index is 0.0446. The number of hydrogen-bond donors (Lipinski definition) is 1. The highest BCUT2D eigenvalue weighted by molar-refractivity contribution is 5.88. The minimum atomic E-state index is -0.463. The van der Waals surface area contributed by atoms with E-state index >= 15 is 0 Å². The Kier molecular flexibility index (Phi) is 6.44. The number of likely N-dealkylation sites (tertiary alicyclic amines) is 1. The summed E-state index contributed by atoms with van der Waals surface area (Å²) >= 11 is 0. The molecule has 1 aromatic carbocycles. The number of ether oxygens (including phenoxy) is 2. The van der Waals surface area contributed by atoms with Crippen molar-refractivity contribution in [1.29, 1.82) is 0 Å². The molecule has 1 aromatic heterocycles. The lowest BCUT2D eigenvalue weighted by molar-refractivity contribution is -0.148. The number of rotatable bonds is 6. The molecule has 0 radical (unpaired) electrons. The predicted molar refractivity (Wildman–Crippen MR) is 113 cm³/mol. The molecule has 0 atom stereocenters. The van der Waals surface area contributed by atoms with Crippen molar-refractivity contribution < 1.29 is 28.3 Å². The molecule has 1 aliphatic heterocycles. The molecule has 2 heterocycles. The summed E-state index contributed by atoms with van der Waals surface area (Å²) in [5.74, 6) is -0.798. The quantitative estimate of drug-likeness (QED) is 0.711. The van der Waals surface area contributed by atoms with Gasteiger partial charge in [0.25, 0.3) is 5.91 Å². The lowest BCUT2D eigenvalue weighted by Crippen LogP contribution is -2.47. The zero-order chi connectivity index (χ0) is 21.8. The number of nitrogens with zero attached hydrogens (tertiary/aromatic N) is 1. The van der Waals surface area contributed by atoms with E-state index in [9.17, 15) is 14.4 Å². The molecule has 0 bridgehead atoms. The molecule has 1 fully saturated rings. The maximum atomic E-state index is 12.3. The van der Waals surface area contributed by atoms with Gasteiger partial charge >= 0.3 is 12.1 Å². The minimum Gasteiger partial charge on any atom is -0.464 e. The summed E-state index contributed by atoms with van der Waals surface area (Å²) in [6.07, 6.45) is 5.90. The molecule has 1 N–H and O–H groups in total. The van der Waals surface area contributed by atoms with Gasteiger partial charge in [-0.1, -0.05) is 0 Å². The fraction of sp³-hybridized carbons (Fsp3) is 0.522. The first-order valence-electron chi connectivity index (χ1n) is 10.9. The molecule has 8 nitrogen and oxygen atoms in total. The first-order chi connectivity index (χ1) is 15.0. The molecule has 0 saturated carbocycles. The Hall–Kier alpha value is -3.03. The van der Waals surface area contributed by atoms with Gasteiger partial charge in [0, 0.05) is 30.1 Å². The van der Waals surface area contributed by atoms with Crippen LogP contribution in [-0.2, 0) is 38.3 Å². The first-order valence-corrected chi connectivity index (χ1v) is 10.9. The van der Waals surface area contributed by atoms with E-state index in [1.165, 1.54) is 11.1 Å². The summed E-state index contributed by atoms with van der Waals surface area (Å²) < 4.78 is 15.8. The van der Waals surface area contributed by atoms with E-state index in [-0.39, 0.29) is 31.1 Å². The van der Waals surface area contributed by atoms with Crippen molar-refractivity contribution in [2.24, 2.45) is 0 Å². The molecule has 166 valence electrons. The smallest absolute Gasteiger partial charge is 0.409 e. The average Bonchev–Trinajstić information content (AvgIpc) is 3.38. The second kappa shape index (κ2) is 9.41. The zero-order valence-electron chi connectivity index (χ0n) is 17.8. The fourth-order valence-corrected chi connectivity index (χ4v) is 4.33. The van der Waals surface area contributed by atoms with Crippen molar-refractivity contribution in [2.45, 2.75) is 51.5 Å². The van der Waals surface area contributed by atoms with Crippen molar-refractivity contribution in [2.75, 3.05) is 26.3 Å². The van der Waals surface area contributed by atoms with Crippen molar-refractivity contribution in [3.05, 3.63) is 35.1 Å². The van der Waals surface area contributed by atoms with Crippen molar-refractivity contribution in [3.63, 3.8) is 0 Å². The number of fused-ring (bicyclic) bond motifs is 2. The van der Waals surface area contributed by atoms with Crippen LogP contribution in [0.15, 0.2) is 22.8 Å². The monoisotopic (exact) mass is 428 g/mol. The maximum Gasteiger partial charge on any atom is 0.409 e. The van der Waals surface area contributed by atoms with Gasteiger partial charge in [-0.25, -0.2) is 4.79 Å². The molecular weight excluding hydrogens is 400 g/mol. The Morgan fingerprint density at radius 3 is 2.61 bits per heavy atom. The molecule has 4 rings (SSSR count). The average molecular weight is 428 g/mol. The Bertz CT molecular complexity index is 974. The van der Waals surface area contributed by atoms with Gasteiger partial charge in [-0.05, 0) is 62.3 Å². The number of hydrogen-bond acceptors (Lipinski definition) is 6. The molecule has 2 aromatic rings. The third-order valence-electron chi connectivity index (χ3n) is 5.95. The normalized spacial score (nSPS) is 16.2. The highest BCUT2D eigenvalue weighted by Crippen LogP contribution is 2.30. The largest absolute Gasteiger partial charge is 0.464 e. The van der Waals surface area contributed by atoms with Gasteiger partial charge in [-0.3, -0.25) is 9.59 Å². The number of carbonyl (C=O) groups excluding carboxylic acids is 3. The Labute approximate surface area is 180 Å². The zero-order valence-corrected chi connectivity index (χ0v) is 17.8. The van der Waals surface area contributed by atoms with Gasteiger partial charge in [-0.15, -0.1) is 0 Å². The lowest BCUT2D eigenvalue weighted by Gasteiger charge is -2.31. The van der Waals surface area contributed by atoms with Crippen LogP contribution in [-0.4, -0.2) is 55.2 Å². The van der Waals surface area contributed by atoms with E-state index in [1.54, 1.807) is 18.1 Å². The lowest BCUT2D eigenvalue weighted by atomic mass is 10.0. The highest BCUT2D eigenvalue weighted by atomic mass is 16.6. The third kappa shape index (κ3) is 5.00. The molecule has 31 heavy (non-hydrogen) atoms. The molecule has 2 aliphatic rings. The van der Waals surface area contributed by atoms with E-state index in [0.29, 0.717) is 32.5 Å². The number of aryl methyl sites for hydroxylation is 2. The van der Waals surface area contributed by atoms with Crippen LogP contribution in [0.1, 0.15) is 42.9 Å². The van der Waals surface area contributed by atoms with E-state index in [0.717, 1.165) is 35.8 Å². The standard InChI is InChI=1S/C23H28N2O6/c1-2-29-23(28)25-8-6-18(7-9-25)24-21(26)14-31-22(27)12-17-13-30-20-11-16-5-3-4-15(16)10-19(17)20/h10-11,13,18H,2-9,12,14H2,1H3,(H,24,26). The van der Waals surface area contributed by atoms with Crippen LogP contribution < -0.4 is 5.32 Å². The van der Waals surface area contributed by atoms with Gasteiger partial charge < -0.3 is 24.1 Å². The fourth-order valence-electron chi connectivity index (χ4n) is 4.33. The van der Waals surface area contributed by atoms with Gasteiger partial charge in [0.1, 0.15) is 5.58 Å². The highest BCUT2D eigenvalue weighted by Gasteiger charge is 2.25. The van der Waals surface area contributed by atoms with Crippen molar-refractivity contribution >= 4 is 28.9 Å². The molecular formula is C23H28N2O6. The number of benzene rings is 1. The van der Waals surface area contributed by atoms with Gasteiger partial charge in [0.2, 0.25) is 0 Å². The Morgan fingerprint density at radius 2 is 1.87 bits per heavy atom. The maximum absolute atomic E-state index is 12.3. The molecule has 0 unspecified atom stereocenters. The summed E-state index contributed by atoms with van der Waals surface area (Å²) in [6, 6.07) is 4.13. The molecule has 1 saturated heterocycles. The molecule has 0 spiro atoms. The number of amides is 2. The number of piperidine rings is 1. The van der Waals surface area contributed by atoms with Crippen LogP contribution >= 0.6 is 0 Å². The van der Waals surface area contributed by atoms with Crippen molar-refractivity contribution in [1.82, 2.24) is 10.2 Å². The first kappa shape index (κ1) is 21.2. The van der Waals surface area contributed by atoms with Crippen LogP contribution in [0.3, 0.4) is 0 Å². The summed E-state index contributed by atoms with van der Waals surface area (Å²) in [5, 5.41) is 3.81. The predicted octanol–water partition coefficient (Wildman–Crippen LogP) is 2.74. The summed E-state index contributed by atoms with van der Waals surface area (Å²) in [7, 11) is 0. The van der Waals surface area contributed by atoms with E-state index in [2.05, 4.69) is 17.4 Å². The number of esters is 1. The van der Waals surface area contributed by atoms with Gasteiger partial charge in [-0.2, -0.15) is 0 Å². The van der Waals surface area contributed by atoms with E-state index in [1.807, 2.05) is 0 Å². The molecule has 2 amide bonds. The third-order valence-corrected chi connectivity index (χ3v) is 5.95. The molecule has 8 heteroatoms. The van der Waals surface area contributed by atoms with Gasteiger partial charge in [0.15, 0.2) is 6.61 Å². The van der Waals surface area contributed by atoms with Crippen LogP contribution in [0.25, 0.3) is 11.0 Å². The summed E-state index contributed by atoms with van der Waals surface area (Å²) in [6.45, 7) is 2.86. The summed E-state index contributed by atoms with van der Waals surface area (Å²) in [5.41, 5.74) is 4.20. The Morgan fingerprint density at radius 1 is 1.13 bits per heavy atom. The summed E-state index contributed by atoms with van der Waals surface area (Å²) in [4.78, 5) is 37.8. The van der Waals surface area contributed by atoms with E-state index in [4.69, 9.17) is 13.9 Å². The van der Waals surface area contributed by atoms with Crippen LogP contribution in [0.5, 0.6) is 0 Å². The van der Waals surface area contributed by atoms with Crippen LogP contribution in [0, 0.1) is 0 Å². The second-order valence-electron chi connectivity index (χ2n) is 8.10. The Balaban J connectivity index is 1.22. The molecule has 1 aliphatic carbocycles. The number of furan rings is 1. The number of carbonyl (C=O) groups is 3.